The zero-order valence-corrected chi connectivity index (χ0v) is 22.7. The monoisotopic (exact) mass is 553 g/mol. The molecule has 2 aromatic carbocycles. The van der Waals surface area contributed by atoms with Gasteiger partial charge in [0.2, 0.25) is 11.7 Å². The van der Waals surface area contributed by atoms with E-state index < -0.39 is 5.79 Å². The highest BCUT2D eigenvalue weighted by Gasteiger charge is 2.45. The molecule has 38 heavy (non-hydrogen) atoms. The Labute approximate surface area is 231 Å². The lowest BCUT2D eigenvalue weighted by molar-refractivity contribution is -0.189. The van der Waals surface area contributed by atoms with Crippen LogP contribution < -0.4 is 10.1 Å². The molecule has 1 saturated heterocycles. The molecule has 1 aliphatic heterocycles. The second-order valence-corrected chi connectivity index (χ2v) is 10.4. The number of ether oxygens (including phenoxy) is 3. The third-order valence-electron chi connectivity index (χ3n) is 6.06. The quantitative estimate of drug-likeness (QED) is 0.255. The summed E-state index contributed by atoms with van der Waals surface area (Å²) in [5, 5.41) is 4.28. The van der Waals surface area contributed by atoms with Gasteiger partial charge in [0.1, 0.15) is 18.5 Å². The van der Waals surface area contributed by atoms with E-state index in [1.807, 2.05) is 47.2 Å². The molecule has 0 bridgehead atoms. The van der Waals surface area contributed by atoms with Crippen molar-refractivity contribution >= 4 is 29.2 Å². The molecule has 3 heterocycles. The summed E-state index contributed by atoms with van der Waals surface area (Å²) >= 11 is 12.7. The molecule has 10 heteroatoms. The highest BCUT2D eigenvalue weighted by Crippen LogP contribution is 2.40. The van der Waals surface area contributed by atoms with Crippen molar-refractivity contribution in [1.82, 2.24) is 19.5 Å². The first-order valence-electron chi connectivity index (χ1n) is 12.4. The molecule has 1 N–H and O–H groups in total. The summed E-state index contributed by atoms with van der Waals surface area (Å²) in [6.45, 7) is 6.14. The minimum absolute atomic E-state index is 0.304. The largest absolute Gasteiger partial charge is 0.491 e. The number of aromatic nitrogens is 4. The van der Waals surface area contributed by atoms with E-state index in [0.29, 0.717) is 47.2 Å². The van der Waals surface area contributed by atoms with Gasteiger partial charge in [-0.1, -0.05) is 43.1 Å². The van der Waals surface area contributed by atoms with Crippen molar-refractivity contribution in [2.45, 2.75) is 32.3 Å². The van der Waals surface area contributed by atoms with Gasteiger partial charge in [0.05, 0.1) is 30.2 Å². The highest BCUT2D eigenvalue weighted by atomic mass is 35.5. The van der Waals surface area contributed by atoms with Crippen molar-refractivity contribution in [1.29, 1.82) is 0 Å². The standard InChI is InChI=1S/C28H29Cl2N5O3/c1-19(2)14-33-27-32-10-9-26(34-27)20-3-6-22(7-4-20)36-15-23-16-37-28(38-23,17-35-12-11-31-18-35)24-8-5-21(29)13-25(24)30/h3-13,18-19,23H,14-17H2,1-2H3,(H,32,33,34)/t23-,28-/m1/s1. The number of hydrogen-bond acceptors (Lipinski definition) is 7. The summed E-state index contributed by atoms with van der Waals surface area (Å²) in [6.07, 6.45) is 6.73. The summed E-state index contributed by atoms with van der Waals surface area (Å²) < 4.78 is 20.6. The predicted molar refractivity (Wildman–Crippen MR) is 147 cm³/mol. The van der Waals surface area contributed by atoms with Gasteiger partial charge in [-0.05, 0) is 48.4 Å². The van der Waals surface area contributed by atoms with Crippen LogP contribution in [0.4, 0.5) is 5.95 Å². The Balaban J connectivity index is 1.24. The number of halogens is 2. The summed E-state index contributed by atoms with van der Waals surface area (Å²) in [7, 11) is 0. The highest BCUT2D eigenvalue weighted by molar-refractivity contribution is 6.35. The van der Waals surface area contributed by atoms with Crippen LogP contribution in [0.15, 0.2) is 73.4 Å². The van der Waals surface area contributed by atoms with Crippen LogP contribution >= 0.6 is 23.2 Å². The van der Waals surface area contributed by atoms with Crippen LogP contribution in [-0.2, 0) is 21.8 Å². The molecule has 5 rings (SSSR count). The molecule has 198 valence electrons. The fraction of sp³-hybridized carbons (Fsp3) is 0.321. The number of rotatable bonds is 10. The average molecular weight is 554 g/mol. The zero-order chi connectivity index (χ0) is 26.5. The molecule has 0 spiro atoms. The van der Waals surface area contributed by atoms with E-state index >= 15 is 0 Å². The average Bonchev–Trinajstić information content (AvgIpc) is 3.57. The van der Waals surface area contributed by atoms with E-state index in [2.05, 4.69) is 34.1 Å². The Hall–Kier alpha value is -3.17. The van der Waals surface area contributed by atoms with E-state index in [1.165, 1.54) is 0 Å². The minimum Gasteiger partial charge on any atom is -0.491 e. The Kier molecular flexibility index (Phi) is 8.14. The molecular formula is C28H29Cl2N5O3. The molecule has 8 nitrogen and oxygen atoms in total. The number of benzene rings is 2. The number of hydrogen-bond donors (Lipinski definition) is 1. The fourth-order valence-corrected chi connectivity index (χ4v) is 4.74. The van der Waals surface area contributed by atoms with Crippen molar-refractivity contribution in [3.05, 3.63) is 89.1 Å². The van der Waals surface area contributed by atoms with E-state index in [1.54, 1.807) is 30.9 Å². The van der Waals surface area contributed by atoms with Gasteiger partial charge in [0, 0.05) is 41.3 Å². The lowest BCUT2D eigenvalue weighted by atomic mass is 10.1. The summed E-state index contributed by atoms with van der Waals surface area (Å²) in [5.41, 5.74) is 2.52. The third kappa shape index (κ3) is 6.27. The van der Waals surface area contributed by atoms with Gasteiger partial charge in [0.25, 0.3) is 0 Å². The van der Waals surface area contributed by atoms with Crippen molar-refractivity contribution in [2.75, 3.05) is 25.1 Å². The first-order valence-corrected chi connectivity index (χ1v) is 13.2. The van der Waals surface area contributed by atoms with Gasteiger partial charge in [-0.3, -0.25) is 0 Å². The van der Waals surface area contributed by atoms with Crippen LogP contribution in [0.1, 0.15) is 19.4 Å². The normalized spacial score (nSPS) is 19.1. The summed E-state index contributed by atoms with van der Waals surface area (Å²) in [6, 6.07) is 15.0. The molecule has 2 atom stereocenters. The molecule has 1 fully saturated rings. The van der Waals surface area contributed by atoms with E-state index in [-0.39, 0.29) is 6.10 Å². The SMILES string of the molecule is CC(C)CNc1nccc(-c2ccc(OC[C@@H]3CO[C@@](Cn4ccnc4)(c4ccc(Cl)cc4Cl)O3)cc2)n1. The molecule has 4 aromatic rings. The van der Waals surface area contributed by atoms with Crippen molar-refractivity contribution in [2.24, 2.45) is 5.92 Å². The Morgan fingerprint density at radius 3 is 2.71 bits per heavy atom. The topological polar surface area (TPSA) is 83.3 Å². The van der Waals surface area contributed by atoms with Crippen LogP contribution in [-0.4, -0.2) is 45.4 Å². The maximum atomic E-state index is 6.55. The molecule has 0 aliphatic carbocycles. The van der Waals surface area contributed by atoms with Crippen LogP contribution in [0.25, 0.3) is 11.3 Å². The van der Waals surface area contributed by atoms with Crippen LogP contribution in [0.3, 0.4) is 0 Å². The fourth-order valence-electron chi connectivity index (χ4n) is 4.19. The summed E-state index contributed by atoms with van der Waals surface area (Å²) in [5.74, 6) is 0.762. The maximum absolute atomic E-state index is 6.55. The third-order valence-corrected chi connectivity index (χ3v) is 6.61. The first kappa shape index (κ1) is 26.4. The Bertz CT molecular complexity index is 1350. The molecule has 0 saturated carbocycles. The first-order chi connectivity index (χ1) is 18.4. The second kappa shape index (κ2) is 11.7. The number of nitrogens with zero attached hydrogens (tertiary/aromatic N) is 4. The maximum Gasteiger partial charge on any atom is 0.223 e. The number of imidazole rings is 1. The van der Waals surface area contributed by atoms with Crippen LogP contribution in [0.2, 0.25) is 10.0 Å². The van der Waals surface area contributed by atoms with Gasteiger partial charge >= 0.3 is 0 Å². The summed E-state index contributed by atoms with van der Waals surface area (Å²) in [4.78, 5) is 13.1. The Morgan fingerprint density at radius 1 is 1.13 bits per heavy atom. The minimum atomic E-state index is -1.09. The van der Waals surface area contributed by atoms with E-state index in [4.69, 9.17) is 37.4 Å². The van der Waals surface area contributed by atoms with Gasteiger partial charge in [-0.2, -0.15) is 0 Å². The number of nitrogens with one attached hydrogen (secondary N) is 1. The van der Waals surface area contributed by atoms with E-state index in [0.717, 1.165) is 23.6 Å². The zero-order valence-electron chi connectivity index (χ0n) is 21.2. The molecule has 0 radical (unpaired) electrons. The smallest absolute Gasteiger partial charge is 0.223 e. The van der Waals surface area contributed by atoms with Gasteiger partial charge < -0.3 is 24.1 Å². The molecule has 0 unspecified atom stereocenters. The molecule has 0 amide bonds. The molecular weight excluding hydrogens is 525 g/mol. The Morgan fingerprint density at radius 2 is 1.97 bits per heavy atom. The van der Waals surface area contributed by atoms with Crippen LogP contribution in [0.5, 0.6) is 5.75 Å². The lowest BCUT2D eigenvalue weighted by Gasteiger charge is -2.30. The van der Waals surface area contributed by atoms with Gasteiger partial charge in [0.15, 0.2) is 0 Å². The molecule has 2 aromatic heterocycles. The number of anilines is 1. The van der Waals surface area contributed by atoms with Crippen molar-refractivity contribution in [3.63, 3.8) is 0 Å². The predicted octanol–water partition coefficient (Wildman–Crippen LogP) is 6.06. The second-order valence-electron chi connectivity index (χ2n) is 9.54. The van der Waals surface area contributed by atoms with Gasteiger partial charge in [-0.15, -0.1) is 0 Å². The van der Waals surface area contributed by atoms with Crippen molar-refractivity contribution in [3.8, 4) is 17.0 Å². The van der Waals surface area contributed by atoms with Crippen LogP contribution in [0, 0.1) is 5.92 Å². The van der Waals surface area contributed by atoms with Gasteiger partial charge in [-0.25, -0.2) is 15.0 Å². The lowest BCUT2D eigenvalue weighted by Crippen LogP contribution is -2.34. The molecule has 1 aliphatic rings. The van der Waals surface area contributed by atoms with E-state index in [9.17, 15) is 0 Å². The van der Waals surface area contributed by atoms with Crippen molar-refractivity contribution < 1.29 is 14.2 Å².